The minimum atomic E-state index is 0.0589. The number of hydrogen-bond acceptors (Lipinski definition) is 2. The van der Waals surface area contributed by atoms with Gasteiger partial charge in [0.25, 0.3) is 0 Å². The third-order valence-corrected chi connectivity index (χ3v) is 3.40. The van der Waals surface area contributed by atoms with Crippen molar-refractivity contribution in [2.24, 2.45) is 0 Å². The Morgan fingerprint density at radius 3 is 2.40 bits per heavy atom. The Bertz CT molecular complexity index is 423. The Morgan fingerprint density at radius 2 is 1.85 bits per heavy atom. The molecule has 0 heterocycles. The normalized spacial score (nSPS) is 13.1. The van der Waals surface area contributed by atoms with E-state index in [0.29, 0.717) is 13.0 Å². The standard InChI is InChI=1S/C16H25BrN2O/c1-12(11-13-5-7-14(17)8-6-13)19-15(20)9-10-18-16(2,3)4/h5-8,12,18H,9-11H2,1-4H3,(H,19,20). The van der Waals surface area contributed by atoms with Crippen LogP contribution in [-0.2, 0) is 11.2 Å². The molecule has 0 saturated carbocycles. The fraction of sp³-hybridized carbons (Fsp3) is 0.562. The van der Waals surface area contributed by atoms with Crippen molar-refractivity contribution in [3.8, 4) is 0 Å². The second kappa shape index (κ2) is 7.79. The molecule has 3 nitrogen and oxygen atoms in total. The molecule has 0 aliphatic rings. The van der Waals surface area contributed by atoms with Gasteiger partial charge >= 0.3 is 0 Å². The first-order valence-corrected chi connectivity index (χ1v) is 7.84. The summed E-state index contributed by atoms with van der Waals surface area (Å²) in [6, 6.07) is 8.36. The Hall–Kier alpha value is -0.870. The molecule has 1 amide bonds. The molecule has 20 heavy (non-hydrogen) atoms. The summed E-state index contributed by atoms with van der Waals surface area (Å²) in [5.41, 5.74) is 1.29. The second-order valence-electron chi connectivity index (χ2n) is 6.23. The Balaban J connectivity index is 2.29. The monoisotopic (exact) mass is 340 g/mol. The predicted octanol–water partition coefficient (Wildman–Crippen LogP) is 3.27. The molecule has 4 heteroatoms. The van der Waals surface area contributed by atoms with Crippen molar-refractivity contribution < 1.29 is 4.79 Å². The molecule has 1 aromatic rings. The predicted molar refractivity (Wildman–Crippen MR) is 87.8 cm³/mol. The van der Waals surface area contributed by atoms with Gasteiger partial charge in [0.05, 0.1) is 0 Å². The zero-order chi connectivity index (χ0) is 15.2. The first kappa shape index (κ1) is 17.2. The third-order valence-electron chi connectivity index (χ3n) is 2.87. The molecule has 1 rings (SSSR count). The quantitative estimate of drug-likeness (QED) is 0.834. The minimum Gasteiger partial charge on any atom is -0.353 e. The van der Waals surface area contributed by atoms with Crippen molar-refractivity contribution in [3.05, 3.63) is 34.3 Å². The van der Waals surface area contributed by atoms with Crippen LogP contribution in [0.3, 0.4) is 0 Å². The van der Waals surface area contributed by atoms with Crippen molar-refractivity contribution >= 4 is 21.8 Å². The average Bonchev–Trinajstić information content (AvgIpc) is 2.30. The van der Waals surface area contributed by atoms with Gasteiger partial charge in [-0.05, 0) is 51.8 Å². The van der Waals surface area contributed by atoms with Crippen LogP contribution in [0.2, 0.25) is 0 Å². The number of carbonyl (C=O) groups excluding carboxylic acids is 1. The van der Waals surface area contributed by atoms with E-state index in [2.05, 4.69) is 59.5 Å². The highest BCUT2D eigenvalue weighted by Crippen LogP contribution is 2.11. The Morgan fingerprint density at radius 1 is 1.25 bits per heavy atom. The average molecular weight is 341 g/mol. The van der Waals surface area contributed by atoms with E-state index in [1.54, 1.807) is 0 Å². The molecule has 0 spiro atoms. The molecule has 0 fully saturated rings. The van der Waals surface area contributed by atoms with E-state index >= 15 is 0 Å². The summed E-state index contributed by atoms with van der Waals surface area (Å²) in [6.07, 6.45) is 1.37. The van der Waals surface area contributed by atoms with Gasteiger partial charge in [0.15, 0.2) is 0 Å². The second-order valence-corrected chi connectivity index (χ2v) is 7.14. The molecule has 1 atom stereocenters. The smallest absolute Gasteiger partial charge is 0.221 e. The lowest BCUT2D eigenvalue weighted by Crippen LogP contribution is -2.40. The Labute approximate surface area is 130 Å². The molecule has 1 unspecified atom stereocenters. The molecule has 0 aliphatic heterocycles. The van der Waals surface area contributed by atoms with Gasteiger partial charge in [-0.25, -0.2) is 0 Å². The summed E-state index contributed by atoms with van der Waals surface area (Å²) in [5.74, 6) is 0.103. The molecular weight excluding hydrogens is 316 g/mol. The van der Waals surface area contributed by atoms with Crippen molar-refractivity contribution in [1.82, 2.24) is 10.6 Å². The largest absolute Gasteiger partial charge is 0.353 e. The molecule has 0 aromatic heterocycles. The van der Waals surface area contributed by atoms with Gasteiger partial charge in [0, 0.05) is 29.0 Å². The molecule has 0 saturated heterocycles. The van der Waals surface area contributed by atoms with Crippen LogP contribution in [0.4, 0.5) is 0 Å². The molecule has 0 bridgehead atoms. The summed E-state index contributed by atoms with van der Waals surface area (Å²) in [7, 11) is 0. The lowest BCUT2D eigenvalue weighted by molar-refractivity contribution is -0.121. The van der Waals surface area contributed by atoms with Crippen LogP contribution >= 0.6 is 15.9 Å². The van der Waals surface area contributed by atoms with Crippen LogP contribution in [0.1, 0.15) is 39.7 Å². The fourth-order valence-corrected chi connectivity index (χ4v) is 2.19. The molecule has 0 radical (unpaired) electrons. The van der Waals surface area contributed by atoms with Crippen LogP contribution < -0.4 is 10.6 Å². The third kappa shape index (κ3) is 7.65. The first-order valence-electron chi connectivity index (χ1n) is 7.05. The van der Waals surface area contributed by atoms with Gasteiger partial charge in [0.2, 0.25) is 5.91 Å². The van der Waals surface area contributed by atoms with Gasteiger partial charge in [-0.2, -0.15) is 0 Å². The van der Waals surface area contributed by atoms with E-state index in [1.165, 1.54) is 5.56 Å². The topological polar surface area (TPSA) is 41.1 Å². The fourth-order valence-electron chi connectivity index (χ4n) is 1.92. The SMILES string of the molecule is CC(Cc1ccc(Br)cc1)NC(=O)CCNC(C)(C)C. The highest BCUT2D eigenvalue weighted by atomic mass is 79.9. The maximum atomic E-state index is 11.8. The van der Waals surface area contributed by atoms with Crippen molar-refractivity contribution in [2.45, 2.75) is 52.1 Å². The zero-order valence-electron chi connectivity index (χ0n) is 12.8. The minimum absolute atomic E-state index is 0.0589. The van der Waals surface area contributed by atoms with E-state index in [4.69, 9.17) is 0 Å². The zero-order valence-corrected chi connectivity index (χ0v) is 14.4. The highest BCUT2D eigenvalue weighted by molar-refractivity contribution is 9.10. The highest BCUT2D eigenvalue weighted by Gasteiger charge is 2.11. The van der Waals surface area contributed by atoms with Gasteiger partial charge in [-0.3, -0.25) is 4.79 Å². The van der Waals surface area contributed by atoms with Crippen molar-refractivity contribution in [3.63, 3.8) is 0 Å². The van der Waals surface area contributed by atoms with Crippen LogP contribution in [-0.4, -0.2) is 24.0 Å². The van der Waals surface area contributed by atoms with Crippen LogP contribution in [0.15, 0.2) is 28.7 Å². The maximum Gasteiger partial charge on any atom is 0.221 e. The molecular formula is C16H25BrN2O. The molecule has 1 aromatic carbocycles. The number of nitrogens with one attached hydrogen (secondary N) is 2. The summed E-state index contributed by atoms with van der Waals surface area (Å²) in [4.78, 5) is 11.8. The van der Waals surface area contributed by atoms with Crippen LogP contribution in [0.25, 0.3) is 0 Å². The molecule has 2 N–H and O–H groups in total. The number of hydrogen-bond donors (Lipinski definition) is 2. The number of carbonyl (C=O) groups is 1. The number of halogens is 1. The lowest BCUT2D eigenvalue weighted by atomic mass is 10.1. The van der Waals surface area contributed by atoms with E-state index in [0.717, 1.165) is 10.9 Å². The van der Waals surface area contributed by atoms with Crippen molar-refractivity contribution in [1.29, 1.82) is 0 Å². The maximum absolute atomic E-state index is 11.8. The Kier molecular flexibility index (Phi) is 6.69. The van der Waals surface area contributed by atoms with Crippen LogP contribution in [0.5, 0.6) is 0 Å². The number of amides is 1. The lowest BCUT2D eigenvalue weighted by Gasteiger charge is -2.20. The summed E-state index contributed by atoms with van der Waals surface area (Å²) >= 11 is 3.42. The van der Waals surface area contributed by atoms with Crippen LogP contribution in [0, 0.1) is 0 Å². The molecule has 112 valence electrons. The number of benzene rings is 1. The summed E-state index contributed by atoms with van der Waals surface area (Å²) in [5, 5.41) is 6.35. The van der Waals surface area contributed by atoms with E-state index < -0.39 is 0 Å². The van der Waals surface area contributed by atoms with Gasteiger partial charge in [-0.1, -0.05) is 28.1 Å². The van der Waals surface area contributed by atoms with E-state index in [-0.39, 0.29) is 17.5 Å². The summed E-state index contributed by atoms with van der Waals surface area (Å²) in [6.45, 7) is 9.04. The van der Waals surface area contributed by atoms with E-state index in [1.807, 2.05) is 19.1 Å². The number of rotatable bonds is 6. The first-order chi connectivity index (χ1) is 9.26. The van der Waals surface area contributed by atoms with E-state index in [9.17, 15) is 4.79 Å². The molecule has 0 aliphatic carbocycles. The summed E-state index contributed by atoms with van der Waals surface area (Å²) < 4.78 is 1.08. The van der Waals surface area contributed by atoms with Gasteiger partial charge in [0.1, 0.15) is 0 Å². The van der Waals surface area contributed by atoms with Gasteiger partial charge in [-0.15, -0.1) is 0 Å². The van der Waals surface area contributed by atoms with Crippen molar-refractivity contribution in [2.75, 3.05) is 6.54 Å². The van der Waals surface area contributed by atoms with Gasteiger partial charge < -0.3 is 10.6 Å².